The zero-order valence-electron chi connectivity index (χ0n) is 8.29. The molecule has 0 fully saturated rings. The third-order valence-electron chi connectivity index (χ3n) is 1.48. The molecule has 74 valence electrons. The van der Waals surface area contributed by atoms with Crippen LogP contribution in [0.5, 0.6) is 5.75 Å². The Morgan fingerprint density at radius 3 is 2.23 bits per heavy atom. The Morgan fingerprint density at radius 2 is 1.77 bits per heavy atom. The van der Waals surface area contributed by atoms with Gasteiger partial charge in [0.2, 0.25) is 0 Å². The molecule has 2 nitrogen and oxygen atoms in total. The van der Waals surface area contributed by atoms with Crippen LogP contribution in [-0.4, -0.2) is 29.0 Å². The molecule has 3 heteroatoms. The van der Waals surface area contributed by atoms with Crippen LogP contribution in [0.25, 0.3) is 0 Å². The molecule has 0 spiro atoms. The smallest absolute Gasteiger partial charge is 0.120 e. The van der Waals surface area contributed by atoms with Crippen LogP contribution in [0.15, 0.2) is 24.3 Å². The Hall–Kier alpha value is -0.290. The fourth-order valence-corrected chi connectivity index (χ4v) is 0.985. The van der Waals surface area contributed by atoms with E-state index in [2.05, 4.69) is 22.6 Å². The molecule has 1 aromatic rings. The Kier molecular flexibility index (Phi) is 6.99. The normalized spacial score (nSPS) is 9.31. The van der Waals surface area contributed by atoms with Crippen molar-refractivity contribution >= 4 is 22.6 Å². The topological polar surface area (TPSA) is 23.5 Å². The average molecular weight is 293 g/mol. The van der Waals surface area contributed by atoms with Gasteiger partial charge in [0, 0.05) is 12.1 Å². The summed E-state index contributed by atoms with van der Waals surface area (Å²) in [5.41, 5.74) is 0.970. The summed E-state index contributed by atoms with van der Waals surface area (Å²) in [6, 6.07) is 7.39. The first kappa shape index (κ1) is 12.7. The molecule has 0 aliphatic carbocycles. The van der Waals surface area contributed by atoms with Crippen LogP contribution in [0, 0.1) is 0 Å². The van der Waals surface area contributed by atoms with Gasteiger partial charge in [-0.05, 0) is 25.1 Å². The van der Waals surface area contributed by atoms with Crippen LogP contribution in [0.3, 0.4) is 0 Å². The first-order chi connectivity index (χ1) is 6.20. The zero-order chi connectivity index (χ0) is 10.3. The van der Waals surface area contributed by atoms with Gasteiger partial charge in [-0.15, -0.1) is 0 Å². The van der Waals surface area contributed by atoms with Crippen molar-refractivity contribution in [1.82, 2.24) is 4.90 Å². The number of nitrogens with zero attached hydrogens (tertiary/aromatic N) is 1. The van der Waals surface area contributed by atoms with Crippen molar-refractivity contribution in [1.29, 1.82) is 0 Å². The van der Waals surface area contributed by atoms with Gasteiger partial charge < -0.3 is 10.0 Å². The minimum Gasteiger partial charge on any atom is -0.508 e. The SMILES string of the molecule is CI.CN(C)Cc1ccccc1O. The number of hydrogen-bond acceptors (Lipinski definition) is 2. The summed E-state index contributed by atoms with van der Waals surface area (Å²) in [5.74, 6) is 0.376. The van der Waals surface area contributed by atoms with E-state index in [0.717, 1.165) is 12.1 Å². The largest absolute Gasteiger partial charge is 0.508 e. The van der Waals surface area contributed by atoms with Crippen molar-refractivity contribution in [3.63, 3.8) is 0 Å². The molecular weight excluding hydrogens is 277 g/mol. The number of halogens is 1. The molecule has 0 aromatic heterocycles. The van der Waals surface area contributed by atoms with Gasteiger partial charge in [-0.25, -0.2) is 0 Å². The van der Waals surface area contributed by atoms with Gasteiger partial charge in [0.15, 0.2) is 0 Å². The second-order valence-corrected chi connectivity index (χ2v) is 2.87. The Balaban J connectivity index is 0.000000671. The highest BCUT2D eigenvalue weighted by molar-refractivity contribution is 14.1. The fourth-order valence-electron chi connectivity index (χ4n) is 0.985. The molecule has 0 amide bonds. The zero-order valence-corrected chi connectivity index (χ0v) is 10.4. The minimum absolute atomic E-state index is 0.376. The molecule has 13 heavy (non-hydrogen) atoms. The van der Waals surface area contributed by atoms with Gasteiger partial charge >= 0.3 is 0 Å². The number of alkyl halides is 1. The molecule has 0 aliphatic heterocycles. The highest BCUT2D eigenvalue weighted by atomic mass is 127. The van der Waals surface area contributed by atoms with Crippen LogP contribution in [0.4, 0.5) is 0 Å². The predicted molar refractivity (Wildman–Crippen MR) is 65.4 cm³/mol. The number of phenols is 1. The van der Waals surface area contributed by atoms with E-state index < -0.39 is 0 Å². The number of hydrogen-bond donors (Lipinski definition) is 1. The Bertz CT molecular complexity index is 238. The maximum absolute atomic E-state index is 9.33. The summed E-state index contributed by atoms with van der Waals surface area (Å²) >= 11 is 2.15. The quantitative estimate of drug-likeness (QED) is 0.669. The third kappa shape index (κ3) is 5.10. The van der Waals surface area contributed by atoms with Gasteiger partial charge in [0.05, 0.1) is 0 Å². The molecular formula is C10H16INO. The van der Waals surface area contributed by atoms with E-state index in [-0.39, 0.29) is 0 Å². The maximum atomic E-state index is 9.33. The molecule has 0 radical (unpaired) electrons. The van der Waals surface area contributed by atoms with Crippen molar-refractivity contribution in [2.45, 2.75) is 6.54 Å². The number of phenolic OH excluding ortho intramolecular Hbond substituents is 1. The molecule has 1 rings (SSSR count). The third-order valence-corrected chi connectivity index (χ3v) is 1.48. The fraction of sp³-hybridized carbons (Fsp3) is 0.400. The second kappa shape index (κ2) is 7.15. The summed E-state index contributed by atoms with van der Waals surface area (Å²) in [6.07, 6.45) is 0. The van der Waals surface area contributed by atoms with E-state index in [9.17, 15) is 5.11 Å². The van der Waals surface area contributed by atoms with Crippen molar-refractivity contribution in [2.24, 2.45) is 0 Å². The average Bonchev–Trinajstić information content (AvgIpc) is 2.12. The van der Waals surface area contributed by atoms with E-state index in [1.54, 1.807) is 6.07 Å². The number of benzene rings is 1. The van der Waals surface area contributed by atoms with Crippen LogP contribution in [0.2, 0.25) is 0 Å². The van der Waals surface area contributed by atoms with Gasteiger partial charge in [-0.3, -0.25) is 0 Å². The van der Waals surface area contributed by atoms with Gasteiger partial charge in [-0.1, -0.05) is 40.8 Å². The molecule has 0 bridgehead atoms. The second-order valence-electron chi connectivity index (χ2n) is 2.87. The molecule has 1 aromatic carbocycles. The van der Waals surface area contributed by atoms with E-state index in [1.807, 2.05) is 42.1 Å². The molecule has 0 heterocycles. The lowest BCUT2D eigenvalue weighted by Gasteiger charge is -2.10. The van der Waals surface area contributed by atoms with E-state index in [1.165, 1.54) is 0 Å². The lowest BCUT2D eigenvalue weighted by molar-refractivity contribution is 0.386. The van der Waals surface area contributed by atoms with Crippen LogP contribution < -0.4 is 0 Å². The monoisotopic (exact) mass is 293 g/mol. The van der Waals surface area contributed by atoms with E-state index in [0.29, 0.717) is 5.75 Å². The standard InChI is InChI=1S/C9H13NO.CH3I/c1-10(2)7-8-5-3-4-6-9(8)11;1-2/h3-6,11H,7H2,1-2H3;1H3. The summed E-state index contributed by atoms with van der Waals surface area (Å²) in [6.45, 7) is 0.784. The highest BCUT2D eigenvalue weighted by Crippen LogP contribution is 2.16. The molecule has 0 unspecified atom stereocenters. The number of aromatic hydroxyl groups is 1. The molecule has 0 saturated carbocycles. The van der Waals surface area contributed by atoms with Crippen LogP contribution >= 0.6 is 22.6 Å². The molecule has 1 N–H and O–H groups in total. The van der Waals surface area contributed by atoms with Crippen molar-refractivity contribution in [3.05, 3.63) is 29.8 Å². The minimum atomic E-state index is 0.376. The van der Waals surface area contributed by atoms with Crippen molar-refractivity contribution < 1.29 is 5.11 Å². The predicted octanol–water partition coefficient (Wildman–Crippen LogP) is 2.51. The molecule has 0 saturated heterocycles. The van der Waals surface area contributed by atoms with Gasteiger partial charge in [0.25, 0.3) is 0 Å². The molecule has 0 atom stereocenters. The first-order valence-electron chi connectivity index (χ1n) is 3.99. The number of rotatable bonds is 2. The van der Waals surface area contributed by atoms with Crippen LogP contribution in [0.1, 0.15) is 5.56 Å². The van der Waals surface area contributed by atoms with Crippen molar-refractivity contribution in [2.75, 3.05) is 19.0 Å². The Morgan fingerprint density at radius 1 is 1.23 bits per heavy atom. The summed E-state index contributed by atoms with van der Waals surface area (Å²) in [5, 5.41) is 9.33. The summed E-state index contributed by atoms with van der Waals surface area (Å²) < 4.78 is 0. The van der Waals surface area contributed by atoms with Gasteiger partial charge in [0.1, 0.15) is 5.75 Å². The lowest BCUT2D eigenvalue weighted by Crippen LogP contribution is -2.10. The maximum Gasteiger partial charge on any atom is 0.120 e. The highest BCUT2D eigenvalue weighted by Gasteiger charge is 1.98. The summed E-state index contributed by atoms with van der Waals surface area (Å²) in [4.78, 5) is 3.99. The first-order valence-corrected chi connectivity index (χ1v) is 6.15. The summed E-state index contributed by atoms with van der Waals surface area (Å²) in [7, 11) is 3.96. The number of para-hydroxylation sites is 1. The lowest BCUT2D eigenvalue weighted by atomic mass is 10.2. The Labute approximate surface area is 93.7 Å². The van der Waals surface area contributed by atoms with Crippen LogP contribution in [-0.2, 0) is 6.54 Å². The van der Waals surface area contributed by atoms with Gasteiger partial charge in [-0.2, -0.15) is 0 Å². The van der Waals surface area contributed by atoms with E-state index in [4.69, 9.17) is 0 Å². The van der Waals surface area contributed by atoms with Crippen molar-refractivity contribution in [3.8, 4) is 5.75 Å². The molecule has 0 aliphatic rings. The van der Waals surface area contributed by atoms with E-state index >= 15 is 0 Å².